The third kappa shape index (κ3) is 4.70. The van der Waals surface area contributed by atoms with Crippen LogP contribution in [0.15, 0.2) is 52.2 Å². The zero-order chi connectivity index (χ0) is 17.5. The van der Waals surface area contributed by atoms with Crippen LogP contribution in [0.4, 0.5) is 10.1 Å². The predicted molar refractivity (Wildman–Crippen MR) is 105 cm³/mol. The standard InChI is InChI=1S/C19H23BFNOS/c1-3-18(23)13-8-5-6-11-17(13)22-19(24-4-2)12-14-15(20)9-7-10-16(14)21/h5-6,8-9,11H,3-4,7,10,12,20H2,1-2H3/b22-19+. The minimum Gasteiger partial charge on any atom is -0.294 e. The number of Topliss-reactive ketones (excluding diaryl/α,β-unsaturated/α-hetero) is 1. The van der Waals surface area contributed by atoms with Gasteiger partial charge >= 0.3 is 0 Å². The van der Waals surface area contributed by atoms with Crippen molar-refractivity contribution < 1.29 is 9.18 Å². The van der Waals surface area contributed by atoms with Crippen LogP contribution in [0.2, 0.25) is 0 Å². The normalized spacial score (nSPS) is 15.5. The lowest BCUT2D eigenvalue weighted by Gasteiger charge is -2.16. The molecular weight excluding hydrogens is 320 g/mol. The van der Waals surface area contributed by atoms with E-state index in [0.29, 0.717) is 30.5 Å². The Hall–Kier alpha value is -1.62. The number of benzene rings is 1. The van der Waals surface area contributed by atoms with E-state index in [4.69, 9.17) is 4.99 Å². The Morgan fingerprint density at radius 3 is 2.75 bits per heavy atom. The first kappa shape index (κ1) is 18.7. The summed E-state index contributed by atoms with van der Waals surface area (Å²) in [5, 5.41) is 0.855. The summed E-state index contributed by atoms with van der Waals surface area (Å²) in [4.78, 5) is 16.8. The van der Waals surface area contributed by atoms with Crippen molar-refractivity contribution in [1.82, 2.24) is 0 Å². The maximum absolute atomic E-state index is 14.2. The van der Waals surface area contributed by atoms with E-state index >= 15 is 0 Å². The van der Waals surface area contributed by atoms with E-state index in [1.807, 2.05) is 39.0 Å². The molecule has 24 heavy (non-hydrogen) atoms. The van der Waals surface area contributed by atoms with Crippen LogP contribution in [-0.4, -0.2) is 24.4 Å². The molecular formula is C19H23BFNOS. The number of ketones is 1. The van der Waals surface area contributed by atoms with Gasteiger partial charge in [0.25, 0.3) is 0 Å². The van der Waals surface area contributed by atoms with Crippen molar-refractivity contribution in [2.24, 2.45) is 4.99 Å². The fourth-order valence-electron chi connectivity index (χ4n) is 2.71. The second-order valence-electron chi connectivity index (χ2n) is 5.72. The van der Waals surface area contributed by atoms with Gasteiger partial charge in [0, 0.05) is 24.8 Å². The Labute approximate surface area is 148 Å². The van der Waals surface area contributed by atoms with Gasteiger partial charge in [0.1, 0.15) is 13.7 Å². The van der Waals surface area contributed by atoms with E-state index in [1.54, 1.807) is 11.8 Å². The maximum Gasteiger partial charge on any atom is 0.164 e. The van der Waals surface area contributed by atoms with Gasteiger partial charge < -0.3 is 0 Å². The Morgan fingerprint density at radius 2 is 2.08 bits per heavy atom. The summed E-state index contributed by atoms with van der Waals surface area (Å²) >= 11 is 1.61. The molecule has 126 valence electrons. The Bertz CT molecular complexity index is 709. The molecule has 0 saturated carbocycles. The summed E-state index contributed by atoms with van der Waals surface area (Å²) < 4.78 is 14.2. The van der Waals surface area contributed by atoms with Crippen molar-refractivity contribution in [2.45, 2.75) is 39.5 Å². The average Bonchev–Trinajstić information content (AvgIpc) is 2.58. The van der Waals surface area contributed by atoms with Crippen molar-refractivity contribution in [2.75, 3.05) is 5.75 Å². The molecule has 0 saturated heterocycles. The molecule has 0 aromatic heterocycles. The first-order valence-corrected chi connectivity index (χ1v) is 9.42. The minimum absolute atomic E-state index is 0.0303. The number of nitrogens with zero attached hydrogens (tertiary/aromatic N) is 1. The largest absolute Gasteiger partial charge is 0.294 e. The third-order valence-electron chi connectivity index (χ3n) is 4.03. The number of carbonyl (C=O) groups is 1. The summed E-state index contributed by atoms with van der Waals surface area (Å²) in [6.07, 6.45) is 4.26. The molecule has 1 aromatic rings. The molecule has 2 rings (SSSR count). The van der Waals surface area contributed by atoms with Crippen molar-refractivity contribution in [3.8, 4) is 0 Å². The summed E-state index contributed by atoms with van der Waals surface area (Å²) in [5.74, 6) is 0.909. The van der Waals surface area contributed by atoms with Gasteiger partial charge in [0.05, 0.1) is 10.7 Å². The molecule has 0 N–H and O–H groups in total. The number of carbonyl (C=O) groups excluding carboxylic acids is 1. The van der Waals surface area contributed by atoms with Crippen LogP contribution in [0, 0.1) is 0 Å². The number of para-hydroxylation sites is 1. The highest BCUT2D eigenvalue weighted by molar-refractivity contribution is 8.13. The number of hydrogen-bond donors (Lipinski definition) is 0. The van der Waals surface area contributed by atoms with Crippen LogP contribution in [0.5, 0.6) is 0 Å². The second kappa shape index (κ2) is 9.02. The fourth-order valence-corrected chi connectivity index (χ4v) is 3.45. The maximum atomic E-state index is 14.2. The molecule has 1 aliphatic carbocycles. The molecule has 0 bridgehead atoms. The average molecular weight is 343 g/mol. The van der Waals surface area contributed by atoms with Crippen LogP contribution >= 0.6 is 11.8 Å². The smallest absolute Gasteiger partial charge is 0.164 e. The third-order valence-corrected chi connectivity index (χ3v) is 4.89. The quantitative estimate of drug-likeness (QED) is 0.315. The van der Waals surface area contributed by atoms with E-state index in [9.17, 15) is 9.18 Å². The van der Waals surface area contributed by atoms with E-state index < -0.39 is 0 Å². The number of allylic oxidation sites excluding steroid dienone is 4. The van der Waals surface area contributed by atoms with Crippen molar-refractivity contribution in [3.05, 3.63) is 52.8 Å². The van der Waals surface area contributed by atoms with E-state index in [-0.39, 0.29) is 11.6 Å². The lowest BCUT2D eigenvalue weighted by Crippen LogP contribution is -2.05. The van der Waals surface area contributed by atoms with Gasteiger partial charge in [-0.3, -0.25) is 4.79 Å². The first-order valence-electron chi connectivity index (χ1n) is 8.44. The number of thioether (sulfide) groups is 1. The van der Waals surface area contributed by atoms with Crippen LogP contribution in [0.1, 0.15) is 49.9 Å². The van der Waals surface area contributed by atoms with Crippen LogP contribution < -0.4 is 0 Å². The highest BCUT2D eigenvalue weighted by atomic mass is 32.2. The highest BCUT2D eigenvalue weighted by Crippen LogP contribution is 2.31. The highest BCUT2D eigenvalue weighted by Gasteiger charge is 2.16. The number of hydrogen-bond acceptors (Lipinski definition) is 3. The number of aliphatic imine (C=N–C) groups is 1. The zero-order valence-electron chi connectivity index (χ0n) is 14.6. The van der Waals surface area contributed by atoms with Crippen molar-refractivity contribution in [3.63, 3.8) is 0 Å². The minimum atomic E-state index is -0.0303. The summed E-state index contributed by atoms with van der Waals surface area (Å²) in [6, 6.07) is 7.40. The Balaban J connectivity index is 2.36. The molecule has 0 heterocycles. The van der Waals surface area contributed by atoms with Crippen molar-refractivity contribution >= 4 is 36.1 Å². The zero-order valence-corrected chi connectivity index (χ0v) is 15.4. The second-order valence-corrected chi connectivity index (χ2v) is 7.06. The van der Waals surface area contributed by atoms with Gasteiger partial charge in [0.15, 0.2) is 5.78 Å². The van der Waals surface area contributed by atoms with Gasteiger partial charge in [-0.2, -0.15) is 0 Å². The van der Waals surface area contributed by atoms with Crippen molar-refractivity contribution in [1.29, 1.82) is 0 Å². The molecule has 0 fully saturated rings. The SMILES string of the molecule is BC1=CCCC(F)=C1C/C(=N\c1ccccc1C(=O)CC)SCC. The van der Waals surface area contributed by atoms with E-state index in [0.717, 1.165) is 28.3 Å². The molecule has 0 amide bonds. The van der Waals surface area contributed by atoms with Gasteiger partial charge in [0.2, 0.25) is 0 Å². The molecule has 5 heteroatoms. The van der Waals surface area contributed by atoms with Gasteiger partial charge in [-0.25, -0.2) is 9.38 Å². The topological polar surface area (TPSA) is 29.4 Å². The fraction of sp³-hybridized carbons (Fsp3) is 0.368. The monoisotopic (exact) mass is 343 g/mol. The molecule has 0 aliphatic heterocycles. The number of halogens is 1. The molecule has 1 aromatic carbocycles. The molecule has 0 radical (unpaired) electrons. The molecule has 0 unspecified atom stereocenters. The molecule has 2 nitrogen and oxygen atoms in total. The summed E-state index contributed by atoms with van der Waals surface area (Å²) in [6.45, 7) is 3.90. The van der Waals surface area contributed by atoms with Gasteiger partial charge in [-0.15, -0.1) is 11.8 Å². The molecule has 0 spiro atoms. The Kier molecular flexibility index (Phi) is 7.04. The van der Waals surface area contributed by atoms with Gasteiger partial charge in [-0.05, 0) is 29.9 Å². The van der Waals surface area contributed by atoms with E-state index in [1.165, 1.54) is 0 Å². The van der Waals surface area contributed by atoms with Gasteiger partial charge in [-0.1, -0.05) is 37.5 Å². The molecule has 1 aliphatic rings. The van der Waals surface area contributed by atoms with Crippen LogP contribution in [0.25, 0.3) is 0 Å². The lowest BCUT2D eigenvalue weighted by molar-refractivity contribution is 0.0989. The summed E-state index contributed by atoms with van der Waals surface area (Å²) in [7, 11) is 1.96. The Morgan fingerprint density at radius 1 is 1.33 bits per heavy atom. The molecule has 0 atom stereocenters. The van der Waals surface area contributed by atoms with Crippen LogP contribution in [0.3, 0.4) is 0 Å². The number of rotatable bonds is 6. The first-order chi connectivity index (χ1) is 11.6. The van der Waals surface area contributed by atoms with Crippen LogP contribution in [-0.2, 0) is 0 Å². The van der Waals surface area contributed by atoms with E-state index in [2.05, 4.69) is 13.0 Å². The summed E-state index contributed by atoms with van der Waals surface area (Å²) in [5.41, 5.74) is 3.07. The lowest BCUT2D eigenvalue weighted by atomic mass is 9.82. The predicted octanol–water partition coefficient (Wildman–Crippen LogP) is 4.99.